The van der Waals surface area contributed by atoms with Gasteiger partial charge in [-0.25, -0.2) is 11.4 Å². The highest BCUT2D eigenvalue weighted by molar-refractivity contribution is 5.78. The number of methoxy groups -OCH3 is 1. The van der Waals surface area contributed by atoms with Crippen molar-refractivity contribution in [3.8, 4) is 0 Å². The summed E-state index contributed by atoms with van der Waals surface area (Å²) in [7, 11) is 1.22. The predicted molar refractivity (Wildman–Crippen MR) is 67.9 cm³/mol. The van der Waals surface area contributed by atoms with E-state index < -0.39 is 18.0 Å². The number of esters is 2. The van der Waals surface area contributed by atoms with E-state index in [1.54, 1.807) is 0 Å². The molecule has 1 rings (SSSR count). The highest BCUT2D eigenvalue weighted by Crippen LogP contribution is 2.07. The summed E-state index contributed by atoms with van der Waals surface area (Å²) in [6.45, 7) is 7.04. The minimum atomic E-state index is -0.936. The lowest BCUT2D eigenvalue weighted by molar-refractivity contribution is -0.145. The van der Waals surface area contributed by atoms with E-state index in [9.17, 15) is 9.59 Å². The van der Waals surface area contributed by atoms with Crippen molar-refractivity contribution in [1.82, 2.24) is 0 Å². The van der Waals surface area contributed by atoms with Gasteiger partial charge < -0.3 is 14.3 Å². The minimum Gasteiger partial charge on any atom is -0.463 e. The Morgan fingerprint density at radius 2 is 2.00 bits per heavy atom. The highest BCUT2D eigenvalue weighted by Gasteiger charge is 2.25. The second kappa shape index (κ2) is 7.88. The average molecular weight is 261 g/mol. The largest absolute Gasteiger partial charge is 0.463 e. The molecular formula is C14H15NO4. The Balaban J connectivity index is 2.32. The molecule has 5 nitrogen and oxygen atoms in total. The Bertz CT molecular complexity index is 464. The van der Waals surface area contributed by atoms with Crippen molar-refractivity contribution in [2.45, 2.75) is 25.5 Å². The molecular weight excluding hydrogens is 246 g/mol. The van der Waals surface area contributed by atoms with Gasteiger partial charge in [0.25, 0.3) is 0 Å². The Morgan fingerprint density at radius 1 is 1.32 bits per heavy atom. The van der Waals surface area contributed by atoms with E-state index in [-0.39, 0.29) is 19.4 Å². The van der Waals surface area contributed by atoms with E-state index in [2.05, 4.69) is 9.58 Å². The zero-order chi connectivity index (χ0) is 14.1. The van der Waals surface area contributed by atoms with Crippen LogP contribution < -0.4 is 0 Å². The number of benzene rings is 1. The van der Waals surface area contributed by atoms with Crippen LogP contribution in [0.2, 0.25) is 0 Å². The van der Waals surface area contributed by atoms with E-state index >= 15 is 0 Å². The number of carbonyl (C=O) groups excluding carboxylic acids is 2. The third-order valence-corrected chi connectivity index (χ3v) is 2.49. The molecule has 1 atom stereocenters. The third kappa shape index (κ3) is 5.21. The maximum atomic E-state index is 11.5. The third-order valence-electron chi connectivity index (χ3n) is 2.49. The van der Waals surface area contributed by atoms with Gasteiger partial charge >= 0.3 is 18.0 Å². The summed E-state index contributed by atoms with van der Waals surface area (Å²) in [5.74, 6) is -1.05. The van der Waals surface area contributed by atoms with Gasteiger partial charge in [0.15, 0.2) is 0 Å². The summed E-state index contributed by atoms with van der Waals surface area (Å²) in [5, 5.41) is 0. The maximum Gasteiger partial charge on any atom is 0.389 e. The molecule has 5 heteroatoms. The molecule has 0 radical (unpaired) electrons. The molecule has 0 aromatic heterocycles. The Hall–Kier alpha value is -2.35. The fraction of sp³-hybridized carbons (Fsp3) is 0.357. The SMILES string of the molecule is [C-]#[N+]C(CCC(=O)OCc1ccccc1)C(=O)OC. The Kier molecular flexibility index (Phi) is 6.10. The topological polar surface area (TPSA) is 57.0 Å². The van der Waals surface area contributed by atoms with Crippen molar-refractivity contribution in [1.29, 1.82) is 0 Å². The van der Waals surface area contributed by atoms with Crippen LogP contribution in [0, 0.1) is 6.57 Å². The lowest BCUT2D eigenvalue weighted by Gasteiger charge is -2.05. The van der Waals surface area contributed by atoms with Gasteiger partial charge in [0.2, 0.25) is 0 Å². The normalized spacial score (nSPS) is 11.2. The first-order chi connectivity index (χ1) is 9.17. The van der Waals surface area contributed by atoms with Crippen molar-refractivity contribution in [3.05, 3.63) is 47.3 Å². The van der Waals surface area contributed by atoms with E-state index in [0.717, 1.165) is 5.56 Å². The molecule has 0 aliphatic rings. The van der Waals surface area contributed by atoms with E-state index in [1.807, 2.05) is 30.3 Å². The summed E-state index contributed by atoms with van der Waals surface area (Å²) in [6.07, 6.45) is 0.138. The van der Waals surface area contributed by atoms with Crippen molar-refractivity contribution in [2.75, 3.05) is 7.11 Å². The van der Waals surface area contributed by atoms with Gasteiger partial charge in [-0.2, -0.15) is 0 Å². The fourth-order valence-corrected chi connectivity index (χ4v) is 1.44. The molecule has 0 aliphatic carbocycles. The van der Waals surface area contributed by atoms with Gasteiger partial charge in [0, 0.05) is 6.42 Å². The fourth-order valence-electron chi connectivity index (χ4n) is 1.44. The van der Waals surface area contributed by atoms with Gasteiger partial charge in [0.1, 0.15) is 6.61 Å². The van der Waals surface area contributed by atoms with E-state index in [1.165, 1.54) is 7.11 Å². The maximum absolute atomic E-state index is 11.5. The highest BCUT2D eigenvalue weighted by atomic mass is 16.5. The summed E-state index contributed by atoms with van der Waals surface area (Å²) >= 11 is 0. The zero-order valence-corrected chi connectivity index (χ0v) is 10.7. The number of hydrogen-bond acceptors (Lipinski definition) is 4. The molecule has 1 aromatic rings. The number of nitrogens with zero attached hydrogens (tertiary/aromatic N) is 1. The number of hydrogen-bond donors (Lipinski definition) is 0. The lowest BCUT2D eigenvalue weighted by Crippen LogP contribution is -2.20. The van der Waals surface area contributed by atoms with Gasteiger partial charge in [-0.05, 0) is 5.56 Å². The second-order valence-corrected chi connectivity index (χ2v) is 3.85. The van der Waals surface area contributed by atoms with Crippen molar-refractivity contribution >= 4 is 11.9 Å². The molecule has 0 amide bonds. The summed E-state index contributed by atoms with van der Waals surface area (Å²) < 4.78 is 9.50. The molecule has 0 aliphatic heterocycles. The molecule has 0 spiro atoms. The quantitative estimate of drug-likeness (QED) is 0.580. The number of rotatable bonds is 6. The van der Waals surface area contributed by atoms with Gasteiger partial charge in [-0.1, -0.05) is 30.3 Å². The smallest absolute Gasteiger partial charge is 0.389 e. The zero-order valence-electron chi connectivity index (χ0n) is 10.7. The Morgan fingerprint density at radius 3 is 2.58 bits per heavy atom. The molecule has 0 heterocycles. The predicted octanol–water partition coefficient (Wildman–Crippen LogP) is 1.97. The number of ether oxygens (including phenoxy) is 2. The van der Waals surface area contributed by atoms with Crippen LogP contribution in [0.4, 0.5) is 0 Å². The number of carbonyl (C=O) groups is 2. The Labute approximate surface area is 112 Å². The molecule has 0 fully saturated rings. The molecule has 0 saturated carbocycles. The van der Waals surface area contributed by atoms with Gasteiger partial charge in [-0.15, -0.1) is 0 Å². The average Bonchev–Trinajstić information content (AvgIpc) is 2.46. The van der Waals surface area contributed by atoms with Crippen LogP contribution in [0.3, 0.4) is 0 Å². The van der Waals surface area contributed by atoms with E-state index in [0.29, 0.717) is 0 Å². The first-order valence-electron chi connectivity index (χ1n) is 5.81. The first kappa shape index (κ1) is 14.7. The van der Waals surface area contributed by atoms with Gasteiger partial charge in [0.05, 0.1) is 13.5 Å². The monoisotopic (exact) mass is 261 g/mol. The van der Waals surface area contributed by atoms with Crippen LogP contribution in [0.1, 0.15) is 18.4 Å². The molecule has 19 heavy (non-hydrogen) atoms. The van der Waals surface area contributed by atoms with Crippen LogP contribution in [-0.4, -0.2) is 25.1 Å². The van der Waals surface area contributed by atoms with Crippen molar-refractivity contribution < 1.29 is 19.1 Å². The molecule has 0 N–H and O–H groups in total. The van der Waals surface area contributed by atoms with Crippen LogP contribution in [0.25, 0.3) is 4.85 Å². The molecule has 100 valence electrons. The lowest BCUT2D eigenvalue weighted by atomic mass is 10.1. The van der Waals surface area contributed by atoms with Crippen LogP contribution in [0.15, 0.2) is 30.3 Å². The summed E-state index contributed by atoms with van der Waals surface area (Å²) in [6, 6.07) is 8.36. The molecule has 0 saturated heterocycles. The second-order valence-electron chi connectivity index (χ2n) is 3.85. The summed E-state index contributed by atoms with van der Waals surface area (Å²) in [4.78, 5) is 25.7. The van der Waals surface area contributed by atoms with Crippen LogP contribution >= 0.6 is 0 Å². The molecule has 1 unspecified atom stereocenters. The van der Waals surface area contributed by atoms with Crippen molar-refractivity contribution in [2.24, 2.45) is 0 Å². The molecule has 1 aromatic carbocycles. The standard InChI is InChI=1S/C14H15NO4/c1-15-12(14(17)18-2)8-9-13(16)19-10-11-6-4-3-5-7-11/h3-7,12H,8-10H2,2H3. The first-order valence-corrected chi connectivity index (χ1v) is 5.81. The van der Waals surface area contributed by atoms with E-state index in [4.69, 9.17) is 11.3 Å². The van der Waals surface area contributed by atoms with Gasteiger partial charge in [-0.3, -0.25) is 4.79 Å². The minimum absolute atomic E-state index is 0.0228. The summed E-state index contributed by atoms with van der Waals surface area (Å²) in [5.41, 5.74) is 0.894. The van der Waals surface area contributed by atoms with Crippen LogP contribution in [-0.2, 0) is 25.7 Å². The van der Waals surface area contributed by atoms with Crippen LogP contribution in [0.5, 0.6) is 0 Å². The van der Waals surface area contributed by atoms with Crippen molar-refractivity contribution in [3.63, 3.8) is 0 Å². The molecule has 0 bridgehead atoms.